The van der Waals surface area contributed by atoms with Crippen LogP contribution in [0.2, 0.25) is 0 Å². The number of hydrogen-bond donors (Lipinski definition) is 1. The Bertz CT molecular complexity index is 663. The van der Waals surface area contributed by atoms with Gasteiger partial charge in [0, 0.05) is 45.9 Å². The third kappa shape index (κ3) is 6.18. The summed E-state index contributed by atoms with van der Waals surface area (Å²) in [6, 6.07) is 8.42. The van der Waals surface area contributed by atoms with E-state index >= 15 is 0 Å². The summed E-state index contributed by atoms with van der Waals surface area (Å²) in [7, 11) is 0. The van der Waals surface area contributed by atoms with Crippen LogP contribution in [-0.4, -0.2) is 73.7 Å². The number of ether oxygens (including phenoxy) is 2. The van der Waals surface area contributed by atoms with Crippen molar-refractivity contribution in [3.05, 3.63) is 35.4 Å². The van der Waals surface area contributed by atoms with Crippen molar-refractivity contribution in [2.75, 3.05) is 45.9 Å². The fourth-order valence-corrected chi connectivity index (χ4v) is 3.67. The number of rotatable bonds is 7. The SMILES string of the molecule is CCNC(=NCc1ccc(COCC)cc1)N1CCN(C(=O)C2CCCO2)CC1. The van der Waals surface area contributed by atoms with Crippen molar-refractivity contribution in [3.63, 3.8) is 0 Å². The fraction of sp³-hybridized carbons (Fsp3) is 0.636. The van der Waals surface area contributed by atoms with E-state index in [9.17, 15) is 4.79 Å². The first-order chi connectivity index (χ1) is 14.2. The quantitative estimate of drug-likeness (QED) is 0.558. The highest BCUT2D eigenvalue weighted by atomic mass is 16.5. The molecular formula is C22H34N4O3. The van der Waals surface area contributed by atoms with E-state index in [1.807, 2.05) is 11.8 Å². The van der Waals surface area contributed by atoms with Crippen molar-refractivity contribution in [2.24, 2.45) is 4.99 Å². The Balaban J connectivity index is 1.53. The van der Waals surface area contributed by atoms with E-state index in [-0.39, 0.29) is 12.0 Å². The van der Waals surface area contributed by atoms with Crippen molar-refractivity contribution in [2.45, 2.75) is 45.9 Å². The first kappa shape index (κ1) is 21.6. The molecule has 2 heterocycles. The second-order valence-corrected chi connectivity index (χ2v) is 7.44. The van der Waals surface area contributed by atoms with Gasteiger partial charge in [-0.2, -0.15) is 0 Å². The van der Waals surface area contributed by atoms with E-state index in [0.717, 1.165) is 58.1 Å². The van der Waals surface area contributed by atoms with Crippen LogP contribution in [0.4, 0.5) is 0 Å². The van der Waals surface area contributed by atoms with Gasteiger partial charge in [-0.15, -0.1) is 0 Å². The largest absolute Gasteiger partial charge is 0.377 e. The van der Waals surface area contributed by atoms with Crippen LogP contribution in [0.1, 0.15) is 37.8 Å². The van der Waals surface area contributed by atoms with E-state index in [1.165, 1.54) is 11.1 Å². The van der Waals surface area contributed by atoms with E-state index in [0.29, 0.717) is 19.8 Å². The highest BCUT2D eigenvalue weighted by Crippen LogP contribution is 2.16. The molecule has 7 nitrogen and oxygen atoms in total. The predicted molar refractivity (Wildman–Crippen MR) is 114 cm³/mol. The van der Waals surface area contributed by atoms with Gasteiger partial charge in [0.05, 0.1) is 13.2 Å². The molecule has 3 rings (SSSR count). The molecule has 1 amide bonds. The number of nitrogens with one attached hydrogen (secondary N) is 1. The van der Waals surface area contributed by atoms with Crippen LogP contribution in [0.15, 0.2) is 29.3 Å². The Morgan fingerprint density at radius 2 is 1.83 bits per heavy atom. The van der Waals surface area contributed by atoms with Crippen LogP contribution in [0.25, 0.3) is 0 Å². The maximum Gasteiger partial charge on any atom is 0.251 e. The summed E-state index contributed by atoms with van der Waals surface area (Å²) >= 11 is 0. The Kier molecular flexibility index (Phi) is 8.31. The molecule has 1 N–H and O–H groups in total. The van der Waals surface area contributed by atoms with Crippen LogP contribution < -0.4 is 5.32 Å². The van der Waals surface area contributed by atoms with Crippen LogP contribution in [-0.2, 0) is 27.4 Å². The summed E-state index contributed by atoms with van der Waals surface area (Å²) in [6.07, 6.45) is 1.61. The standard InChI is InChI=1S/C22H34N4O3/c1-3-23-22(24-16-18-7-9-19(10-8-18)17-28-4-2)26-13-11-25(12-14-26)21(27)20-6-5-15-29-20/h7-10,20H,3-6,11-17H2,1-2H3,(H,23,24). The molecular weight excluding hydrogens is 368 g/mol. The van der Waals surface area contributed by atoms with Crippen molar-refractivity contribution in [1.29, 1.82) is 0 Å². The summed E-state index contributed by atoms with van der Waals surface area (Å²) in [5.41, 5.74) is 2.35. The number of benzene rings is 1. The zero-order valence-electron chi connectivity index (χ0n) is 17.7. The number of amides is 1. The summed E-state index contributed by atoms with van der Waals surface area (Å²) in [5.74, 6) is 1.06. The van der Waals surface area contributed by atoms with Crippen molar-refractivity contribution >= 4 is 11.9 Å². The number of aliphatic imine (C=N–C) groups is 1. The van der Waals surface area contributed by atoms with Gasteiger partial charge < -0.3 is 24.6 Å². The molecule has 1 atom stereocenters. The van der Waals surface area contributed by atoms with Crippen LogP contribution in [0.5, 0.6) is 0 Å². The third-order valence-electron chi connectivity index (χ3n) is 5.34. The van der Waals surface area contributed by atoms with Gasteiger partial charge in [-0.3, -0.25) is 4.79 Å². The normalized spacial score (nSPS) is 20.2. The van der Waals surface area contributed by atoms with Gasteiger partial charge in [0.1, 0.15) is 6.10 Å². The lowest BCUT2D eigenvalue weighted by Gasteiger charge is -2.37. The molecule has 2 saturated heterocycles. The molecule has 0 spiro atoms. The molecule has 0 saturated carbocycles. The number of nitrogens with zero attached hydrogens (tertiary/aromatic N) is 3. The van der Waals surface area contributed by atoms with Crippen LogP contribution in [0.3, 0.4) is 0 Å². The van der Waals surface area contributed by atoms with E-state index in [2.05, 4.69) is 41.4 Å². The minimum Gasteiger partial charge on any atom is -0.377 e. The summed E-state index contributed by atoms with van der Waals surface area (Å²) in [6.45, 7) is 10.6. The minimum absolute atomic E-state index is 0.149. The van der Waals surface area contributed by atoms with Gasteiger partial charge in [-0.1, -0.05) is 24.3 Å². The molecule has 29 heavy (non-hydrogen) atoms. The van der Waals surface area contributed by atoms with Crippen molar-refractivity contribution < 1.29 is 14.3 Å². The first-order valence-electron chi connectivity index (χ1n) is 10.8. The van der Waals surface area contributed by atoms with E-state index in [1.54, 1.807) is 0 Å². The molecule has 0 radical (unpaired) electrons. The zero-order valence-corrected chi connectivity index (χ0v) is 17.7. The number of carbonyl (C=O) groups is 1. The Morgan fingerprint density at radius 1 is 1.14 bits per heavy atom. The predicted octanol–water partition coefficient (Wildman–Crippen LogP) is 2.01. The second-order valence-electron chi connectivity index (χ2n) is 7.44. The van der Waals surface area contributed by atoms with Gasteiger partial charge in [0.2, 0.25) is 0 Å². The smallest absolute Gasteiger partial charge is 0.251 e. The average Bonchev–Trinajstić information content (AvgIpc) is 3.30. The molecule has 0 aromatic heterocycles. The van der Waals surface area contributed by atoms with Gasteiger partial charge in [0.25, 0.3) is 5.91 Å². The van der Waals surface area contributed by atoms with Gasteiger partial charge >= 0.3 is 0 Å². The topological polar surface area (TPSA) is 66.4 Å². The fourth-order valence-electron chi connectivity index (χ4n) is 3.67. The Morgan fingerprint density at radius 3 is 2.45 bits per heavy atom. The molecule has 1 aromatic carbocycles. The summed E-state index contributed by atoms with van der Waals surface area (Å²) < 4.78 is 11.0. The molecule has 1 unspecified atom stereocenters. The lowest BCUT2D eigenvalue weighted by molar-refractivity contribution is -0.142. The van der Waals surface area contributed by atoms with Crippen molar-refractivity contribution in [1.82, 2.24) is 15.1 Å². The lowest BCUT2D eigenvalue weighted by Crippen LogP contribution is -2.55. The number of carbonyl (C=O) groups excluding carboxylic acids is 1. The van der Waals surface area contributed by atoms with Crippen LogP contribution in [0, 0.1) is 0 Å². The zero-order chi connectivity index (χ0) is 20.5. The summed E-state index contributed by atoms with van der Waals surface area (Å²) in [5, 5.41) is 3.39. The number of guanidine groups is 1. The summed E-state index contributed by atoms with van der Waals surface area (Å²) in [4.78, 5) is 21.5. The maximum absolute atomic E-state index is 12.5. The molecule has 160 valence electrons. The highest BCUT2D eigenvalue weighted by molar-refractivity contribution is 5.82. The molecule has 2 aliphatic heterocycles. The first-order valence-corrected chi connectivity index (χ1v) is 10.8. The average molecular weight is 403 g/mol. The van der Waals surface area contributed by atoms with E-state index in [4.69, 9.17) is 14.5 Å². The Hall–Kier alpha value is -2.12. The minimum atomic E-state index is -0.228. The van der Waals surface area contributed by atoms with Gasteiger partial charge in [0.15, 0.2) is 5.96 Å². The monoisotopic (exact) mass is 402 g/mol. The van der Waals surface area contributed by atoms with Crippen LogP contribution >= 0.6 is 0 Å². The van der Waals surface area contributed by atoms with Gasteiger partial charge in [-0.25, -0.2) is 4.99 Å². The highest BCUT2D eigenvalue weighted by Gasteiger charge is 2.30. The number of piperazine rings is 1. The Labute approximate surface area is 174 Å². The molecule has 7 heteroatoms. The molecule has 0 bridgehead atoms. The lowest BCUT2D eigenvalue weighted by atomic mass is 10.1. The second kappa shape index (κ2) is 11.2. The number of hydrogen-bond acceptors (Lipinski definition) is 4. The molecule has 2 aliphatic rings. The molecule has 2 fully saturated rings. The maximum atomic E-state index is 12.5. The third-order valence-corrected chi connectivity index (χ3v) is 5.34. The van der Waals surface area contributed by atoms with E-state index < -0.39 is 0 Å². The van der Waals surface area contributed by atoms with Crippen molar-refractivity contribution in [3.8, 4) is 0 Å². The molecule has 1 aromatic rings. The van der Waals surface area contributed by atoms with Gasteiger partial charge in [-0.05, 0) is 37.8 Å². The molecule has 0 aliphatic carbocycles.